The van der Waals surface area contributed by atoms with Crippen LogP contribution in [-0.2, 0) is 38.1 Å². The second-order valence-electron chi connectivity index (χ2n) is 9.28. The molecule has 0 heterocycles. The molecule has 202 valence electrons. The van der Waals surface area contributed by atoms with Gasteiger partial charge < -0.3 is 25.2 Å². The van der Waals surface area contributed by atoms with Gasteiger partial charge in [-0.1, -0.05) is 24.3 Å². The lowest BCUT2D eigenvalue weighted by molar-refractivity contribution is -0.147. The molecule has 3 N–H and O–H groups in total. The quantitative estimate of drug-likeness (QED) is 0.425. The molecular formula is C26H31F3N2O6. The van der Waals surface area contributed by atoms with E-state index in [2.05, 4.69) is 10.6 Å². The first-order chi connectivity index (χ1) is 17.2. The maximum atomic E-state index is 13.2. The molecule has 2 atom stereocenters. The summed E-state index contributed by atoms with van der Waals surface area (Å²) in [5, 5.41) is 14.5. The number of rotatable bonds is 9. The number of phenolic OH excluding ortho intramolecular Hbond substituents is 1. The van der Waals surface area contributed by atoms with Gasteiger partial charge in [0.2, 0.25) is 5.91 Å². The summed E-state index contributed by atoms with van der Waals surface area (Å²) in [6.07, 6.45) is -5.51. The molecule has 8 nitrogen and oxygen atoms in total. The normalized spacial score (nSPS) is 13.3. The van der Waals surface area contributed by atoms with Crippen molar-refractivity contribution >= 4 is 18.0 Å². The standard InChI is InChI=1S/C26H31F3N2O6/c1-5-36-23(34)21(15-16-6-10-18(11-7-16)26(27,28)29)30-22(33)20(31-24(35)37-25(2,3)4)14-17-8-12-19(32)13-9-17/h6-13,20-21,32H,5,14-15H2,1-4H3,(H,30,33)(H,31,35). The van der Waals surface area contributed by atoms with Crippen molar-refractivity contribution in [2.75, 3.05) is 6.61 Å². The van der Waals surface area contributed by atoms with Gasteiger partial charge in [-0.15, -0.1) is 0 Å². The van der Waals surface area contributed by atoms with Gasteiger partial charge in [0.15, 0.2) is 0 Å². The minimum atomic E-state index is -4.51. The number of hydrogen-bond acceptors (Lipinski definition) is 6. The number of carbonyl (C=O) groups is 3. The summed E-state index contributed by atoms with van der Waals surface area (Å²) >= 11 is 0. The molecule has 0 saturated carbocycles. The number of phenols is 1. The molecule has 0 bridgehead atoms. The number of halogens is 3. The average Bonchev–Trinajstić information content (AvgIpc) is 2.78. The van der Waals surface area contributed by atoms with Crippen LogP contribution in [0.1, 0.15) is 44.4 Å². The Kier molecular flexibility index (Phi) is 9.93. The number of amides is 2. The summed E-state index contributed by atoms with van der Waals surface area (Å²) in [4.78, 5) is 38.2. The van der Waals surface area contributed by atoms with Gasteiger partial charge >= 0.3 is 18.2 Å². The van der Waals surface area contributed by atoms with E-state index in [1.807, 2.05) is 0 Å². The zero-order chi connectivity index (χ0) is 27.8. The van der Waals surface area contributed by atoms with E-state index in [1.165, 1.54) is 24.3 Å². The zero-order valence-corrected chi connectivity index (χ0v) is 21.0. The first kappa shape index (κ1) is 29.5. The van der Waals surface area contributed by atoms with Crippen LogP contribution in [0, 0.1) is 0 Å². The molecule has 0 fully saturated rings. The number of alkyl halides is 3. The maximum absolute atomic E-state index is 13.2. The molecule has 0 aliphatic rings. The lowest BCUT2D eigenvalue weighted by Crippen LogP contribution is -2.54. The first-order valence-electron chi connectivity index (χ1n) is 11.6. The molecule has 2 unspecified atom stereocenters. The van der Waals surface area contributed by atoms with E-state index >= 15 is 0 Å². The molecule has 0 saturated heterocycles. The maximum Gasteiger partial charge on any atom is 0.416 e. The largest absolute Gasteiger partial charge is 0.508 e. The fraction of sp³-hybridized carbons (Fsp3) is 0.423. The van der Waals surface area contributed by atoms with Crippen molar-refractivity contribution in [1.82, 2.24) is 10.6 Å². The summed E-state index contributed by atoms with van der Waals surface area (Å²) < 4.78 is 49.0. The van der Waals surface area contributed by atoms with Gasteiger partial charge in [-0.05, 0) is 63.1 Å². The molecule has 2 aromatic carbocycles. The molecule has 2 rings (SSSR count). The van der Waals surface area contributed by atoms with Crippen LogP contribution in [0.25, 0.3) is 0 Å². The number of aromatic hydroxyl groups is 1. The third-order valence-electron chi connectivity index (χ3n) is 4.99. The summed E-state index contributed by atoms with van der Waals surface area (Å²) in [6, 6.07) is 7.77. The average molecular weight is 525 g/mol. The molecule has 0 aliphatic carbocycles. The Morgan fingerprint density at radius 1 is 0.865 bits per heavy atom. The molecule has 11 heteroatoms. The second kappa shape index (κ2) is 12.5. The van der Waals surface area contributed by atoms with Crippen molar-refractivity contribution in [3.05, 3.63) is 65.2 Å². The van der Waals surface area contributed by atoms with Crippen LogP contribution in [0.3, 0.4) is 0 Å². The van der Waals surface area contributed by atoms with E-state index in [1.54, 1.807) is 39.8 Å². The Morgan fingerprint density at radius 2 is 1.38 bits per heavy atom. The van der Waals surface area contributed by atoms with Gasteiger partial charge in [0, 0.05) is 12.8 Å². The van der Waals surface area contributed by atoms with Gasteiger partial charge in [-0.25, -0.2) is 9.59 Å². The van der Waals surface area contributed by atoms with E-state index in [0.717, 1.165) is 12.1 Å². The van der Waals surface area contributed by atoms with Crippen molar-refractivity contribution in [1.29, 1.82) is 0 Å². The van der Waals surface area contributed by atoms with E-state index < -0.39 is 47.4 Å². The van der Waals surface area contributed by atoms with E-state index in [0.29, 0.717) is 11.1 Å². The number of hydrogen-bond donors (Lipinski definition) is 3. The Labute approximate surface area is 213 Å². The van der Waals surface area contributed by atoms with E-state index in [4.69, 9.17) is 9.47 Å². The van der Waals surface area contributed by atoms with E-state index in [-0.39, 0.29) is 25.2 Å². The van der Waals surface area contributed by atoms with Crippen LogP contribution in [0.15, 0.2) is 48.5 Å². The zero-order valence-electron chi connectivity index (χ0n) is 21.0. The fourth-order valence-corrected chi connectivity index (χ4v) is 3.30. The van der Waals surface area contributed by atoms with Crippen molar-refractivity contribution in [3.63, 3.8) is 0 Å². The molecule has 0 aromatic heterocycles. The molecule has 0 radical (unpaired) electrons. The summed E-state index contributed by atoms with van der Waals surface area (Å²) in [7, 11) is 0. The molecule has 2 aromatic rings. The predicted octanol–water partition coefficient (Wildman–Crippen LogP) is 4.14. The molecule has 37 heavy (non-hydrogen) atoms. The Morgan fingerprint density at radius 3 is 1.86 bits per heavy atom. The highest BCUT2D eigenvalue weighted by Gasteiger charge is 2.32. The number of esters is 1. The van der Waals surface area contributed by atoms with Crippen LogP contribution in [0.4, 0.5) is 18.0 Å². The van der Waals surface area contributed by atoms with Crippen LogP contribution in [-0.4, -0.2) is 47.4 Å². The highest BCUT2D eigenvalue weighted by Crippen LogP contribution is 2.29. The lowest BCUT2D eigenvalue weighted by atomic mass is 10.0. The fourth-order valence-electron chi connectivity index (χ4n) is 3.30. The third-order valence-corrected chi connectivity index (χ3v) is 4.99. The predicted molar refractivity (Wildman–Crippen MR) is 129 cm³/mol. The topological polar surface area (TPSA) is 114 Å². The summed E-state index contributed by atoms with van der Waals surface area (Å²) in [5.41, 5.74) is -0.714. The highest BCUT2D eigenvalue weighted by atomic mass is 19.4. The third kappa shape index (κ3) is 10.0. The minimum Gasteiger partial charge on any atom is -0.508 e. The van der Waals surface area contributed by atoms with Gasteiger partial charge in [0.25, 0.3) is 0 Å². The van der Waals surface area contributed by atoms with Crippen molar-refractivity contribution in [2.24, 2.45) is 0 Å². The first-order valence-corrected chi connectivity index (χ1v) is 11.6. The molecule has 2 amide bonds. The van der Waals surface area contributed by atoms with Crippen LogP contribution in [0.2, 0.25) is 0 Å². The van der Waals surface area contributed by atoms with Crippen molar-refractivity contribution < 1.29 is 42.1 Å². The SMILES string of the molecule is CCOC(=O)C(Cc1ccc(C(F)(F)F)cc1)NC(=O)C(Cc1ccc(O)cc1)NC(=O)OC(C)(C)C. The Hall–Kier alpha value is -3.76. The summed E-state index contributed by atoms with van der Waals surface area (Å²) in [6.45, 7) is 6.56. The van der Waals surface area contributed by atoms with Gasteiger partial charge in [0.1, 0.15) is 23.4 Å². The van der Waals surface area contributed by atoms with Crippen molar-refractivity contribution in [2.45, 2.75) is 64.4 Å². The number of nitrogens with one attached hydrogen (secondary N) is 2. The monoisotopic (exact) mass is 524 g/mol. The number of ether oxygens (including phenoxy) is 2. The second-order valence-corrected chi connectivity index (χ2v) is 9.28. The minimum absolute atomic E-state index is 0.00117. The smallest absolute Gasteiger partial charge is 0.416 e. The highest BCUT2D eigenvalue weighted by molar-refractivity contribution is 5.90. The molecule has 0 aliphatic heterocycles. The van der Waals surface area contributed by atoms with Gasteiger partial charge in [-0.2, -0.15) is 13.2 Å². The van der Waals surface area contributed by atoms with Gasteiger partial charge in [0.05, 0.1) is 12.2 Å². The summed E-state index contributed by atoms with van der Waals surface area (Å²) in [5.74, 6) is -1.50. The van der Waals surface area contributed by atoms with Crippen LogP contribution < -0.4 is 10.6 Å². The molecular weight excluding hydrogens is 493 g/mol. The number of carbonyl (C=O) groups excluding carboxylic acids is 3. The van der Waals surface area contributed by atoms with E-state index in [9.17, 15) is 32.7 Å². The van der Waals surface area contributed by atoms with Gasteiger partial charge in [-0.3, -0.25) is 4.79 Å². The Bertz CT molecular complexity index is 1060. The number of alkyl carbamates (subject to hydrolysis) is 1. The van der Waals surface area contributed by atoms with Crippen molar-refractivity contribution in [3.8, 4) is 5.75 Å². The van der Waals surface area contributed by atoms with Crippen LogP contribution >= 0.6 is 0 Å². The molecule has 0 spiro atoms. The number of benzene rings is 2. The lowest BCUT2D eigenvalue weighted by Gasteiger charge is -2.25. The van der Waals surface area contributed by atoms with Crippen LogP contribution in [0.5, 0.6) is 5.75 Å². The Balaban J connectivity index is 2.25.